The van der Waals surface area contributed by atoms with Gasteiger partial charge in [-0.05, 0) is 13.8 Å². The van der Waals surface area contributed by atoms with Crippen molar-refractivity contribution >= 4 is 17.0 Å². The number of hydrogen-bond acceptors (Lipinski definition) is 3. The van der Waals surface area contributed by atoms with Gasteiger partial charge in [0.2, 0.25) is 0 Å². The number of likely N-dealkylation sites (N-methyl/N-ethyl adjacent to an activating group) is 1. The van der Waals surface area contributed by atoms with E-state index in [0.29, 0.717) is 11.3 Å². The second-order valence-electron chi connectivity index (χ2n) is 4.86. The first-order chi connectivity index (χ1) is 7.87. The minimum atomic E-state index is -0.907. The Labute approximate surface area is 99.0 Å². The third-order valence-electron chi connectivity index (χ3n) is 2.44. The molecule has 0 atom stereocenters. The summed E-state index contributed by atoms with van der Waals surface area (Å²) in [6.45, 7) is 3.60. The van der Waals surface area contributed by atoms with Gasteiger partial charge in [-0.15, -0.1) is 0 Å². The molecule has 0 bridgehead atoms. The Hall–Kier alpha value is -1.75. The number of fused-ring (bicyclic) bond motifs is 1. The fourth-order valence-electron chi connectivity index (χ4n) is 1.82. The second kappa shape index (κ2) is 3.92. The van der Waals surface area contributed by atoms with Crippen LogP contribution in [0, 0.1) is 0 Å². The highest BCUT2D eigenvalue weighted by atomic mass is 16.3. The van der Waals surface area contributed by atoms with Gasteiger partial charge in [0.25, 0.3) is 5.91 Å². The molecule has 0 aliphatic carbocycles. The number of carbonyl (C=O) groups excluding carboxylic acids is 1. The molecule has 1 amide bonds. The summed E-state index contributed by atoms with van der Waals surface area (Å²) >= 11 is 0. The van der Waals surface area contributed by atoms with Gasteiger partial charge in [0.15, 0.2) is 5.58 Å². The minimum Gasteiger partial charge on any atom is -0.463 e. The molecule has 0 saturated heterocycles. The molecule has 0 aliphatic rings. The highest BCUT2D eigenvalue weighted by molar-refractivity contribution is 5.96. The summed E-state index contributed by atoms with van der Waals surface area (Å²) in [6, 6.07) is 3.43. The van der Waals surface area contributed by atoms with Gasteiger partial charge in [-0.3, -0.25) is 4.79 Å². The molecule has 0 radical (unpaired) electrons. The van der Waals surface area contributed by atoms with Crippen molar-refractivity contribution in [2.45, 2.75) is 19.4 Å². The van der Waals surface area contributed by atoms with Gasteiger partial charge in [-0.2, -0.15) is 0 Å². The van der Waals surface area contributed by atoms with Crippen molar-refractivity contribution in [3.05, 3.63) is 24.1 Å². The van der Waals surface area contributed by atoms with Gasteiger partial charge >= 0.3 is 0 Å². The molecule has 0 aromatic carbocycles. The summed E-state index contributed by atoms with van der Waals surface area (Å²) in [4.78, 5) is 16.5. The number of aliphatic hydroxyl groups is 1. The van der Waals surface area contributed by atoms with Crippen LogP contribution in [-0.2, 0) is 0 Å². The monoisotopic (exact) mass is 236 g/mol. The average Bonchev–Trinajstić information content (AvgIpc) is 2.72. The second-order valence-corrected chi connectivity index (χ2v) is 4.86. The van der Waals surface area contributed by atoms with Crippen LogP contribution in [0.1, 0.15) is 24.3 Å². The molecule has 0 fully saturated rings. The summed E-state index contributed by atoms with van der Waals surface area (Å²) in [5.41, 5.74) is 1.01. The summed E-state index contributed by atoms with van der Waals surface area (Å²) in [6.07, 6.45) is 1.57. The smallest absolute Gasteiger partial charge is 0.270 e. The maximum Gasteiger partial charge on any atom is 0.270 e. The number of carbonyl (C=O) groups is 1. The summed E-state index contributed by atoms with van der Waals surface area (Å²) in [5, 5.41) is 9.66. The molecule has 0 spiro atoms. The highest BCUT2D eigenvalue weighted by Crippen LogP contribution is 2.17. The van der Waals surface area contributed by atoms with E-state index in [9.17, 15) is 9.90 Å². The van der Waals surface area contributed by atoms with E-state index in [0.717, 1.165) is 5.52 Å². The third-order valence-corrected chi connectivity index (χ3v) is 2.44. The van der Waals surface area contributed by atoms with Gasteiger partial charge in [0.1, 0.15) is 5.69 Å². The summed E-state index contributed by atoms with van der Waals surface area (Å²) < 4.78 is 5.18. The maximum atomic E-state index is 12.0. The number of aromatic amines is 1. The van der Waals surface area contributed by atoms with Crippen LogP contribution in [0.2, 0.25) is 0 Å². The van der Waals surface area contributed by atoms with E-state index in [1.54, 1.807) is 39.3 Å². The van der Waals surface area contributed by atoms with Crippen LogP contribution in [0.5, 0.6) is 0 Å². The Morgan fingerprint density at radius 1 is 1.59 bits per heavy atom. The van der Waals surface area contributed by atoms with Gasteiger partial charge in [-0.1, -0.05) is 0 Å². The van der Waals surface area contributed by atoms with Gasteiger partial charge in [0, 0.05) is 25.7 Å². The molecule has 5 nitrogen and oxygen atoms in total. The van der Waals surface area contributed by atoms with Crippen molar-refractivity contribution in [1.29, 1.82) is 0 Å². The lowest BCUT2D eigenvalue weighted by molar-refractivity contribution is 0.0365. The Morgan fingerprint density at radius 3 is 2.88 bits per heavy atom. The minimum absolute atomic E-state index is 0.168. The highest BCUT2D eigenvalue weighted by Gasteiger charge is 2.21. The molecule has 2 aromatic rings. The van der Waals surface area contributed by atoms with Crippen molar-refractivity contribution in [3.63, 3.8) is 0 Å². The zero-order valence-corrected chi connectivity index (χ0v) is 10.2. The molecule has 2 heterocycles. The topological polar surface area (TPSA) is 69.5 Å². The van der Waals surface area contributed by atoms with E-state index in [2.05, 4.69) is 4.98 Å². The van der Waals surface area contributed by atoms with Crippen LogP contribution in [-0.4, -0.2) is 40.1 Å². The Bertz CT molecular complexity index is 505. The Kier molecular flexibility index (Phi) is 2.71. The summed E-state index contributed by atoms with van der Waals surface area (Å²) in [5.74, 6) is -0.168. The zero-order valence-electron chi connectivity index (χ0n) is 10.2. The number of H-pyrrole nitrogens is 1. The van der Waals surface area contributed by atoms with E-state index in [1.165, 1.54) is 4.90 Å². The van der Waals surface area contributed by atoms with Gasteiger partial charge in [-0.25, -0.2) is 0 Å². The van der Waals surface area contributed by atoms with Crippen LogP contribution < -0.4 is 0 Å². The fraction of sp³-hybridized carbons (Fsp3) is 0.417. The van der Waals surface area contributed by atoms with Gasteiger partial charge < -0.3 is 19.4 Å². The molecular formula is C12H16N2O3. The molecule has 0 aliphatic heterocycles. The molecule has 17 heavy (non-hydrogen) atoms. The molecule has 2 N–H and O–H groups in total. The van der Waals surface area contributed by atoms with Crippen molar-refractivity contribution in [3.8, 4) is 0 Å². The number of rotatable bonds is 3. The lowest BCUT2D eigenvalue weighted by Gasteiger charge is -2.25. The van der Waals surface area contributed by atoms with Crippen molar-refractivity contribution in [2.75, 3.05) is 13.6 Å². The third kappa shape index (κ3) is 2.50. The van der Waals surface area contributed by atoms with E-state index < -0.39 is 5.60 Å². The number of furan rings is 1. The number of hydrogen-bond donors (Lipinski definition) is 2. The molecule has 0 saturated carbocycles. The largest absolute Gasteiger partial charge is 0.463 e. The fourth-order valence-corrected chi connectivity index (χ4v) is 1.82. The maximum absolute atomic E-state index is 12.0. The van der Waals surface area contributed by atoms with E-state index in [1.807, 2.05) is 0 Å². The van der Waals surface area contributed by atoms with Crippen LogP contribution in [0.3, 0.4) is 0 Å². The molecular weight excluding hydrogens is 220 g/mol. The predicted molar refractivity (Wildman–Crippen MR) is 63.8 cm³/mol. The number of nitrogens with zero attached hydrogens (tertiary/aromatic N) is 1. The Balaban J connectivity index is 2.17. The lowest BCUT2D eigenvalue weighted by atomic mass is 10.1. The molecule has 2 aromatic heterocycles. The van der Waals surface area contributed by atoms with E-state index in [-0.39, 0.29) is 12.5 Å². The Morgan fingerprint density at radius 2 is 2.29 bits per heavy atom. The van der Waals surface area contributed by atoms with E-state index >= 15 is 0 Å². The van der Waals surface area contributed by atoms with Crippen LogP contribution in [0.15, 0.2) is 22.8 Å². The quantitative estimate of drug-likeness (QED) is 0.850. The standard InChI is InChI=1S/C12H16N2O3/c1-12(2,16)7-14(3)11(15)9-6-10-8(13-9)4-5-17-10/h4-6,13,16H,7H2,1-3H3. The molecule has 0 unspecified atom stereocenters. The molecule has 92 valence electrons. The first kappa shape index (κ1) is 11.7. The molecule has 2 rings (SSSR count). The SMILES string of the molecule is CN(CC(C)(C)O)C(=O)c1cc2occc2[nH]1. The van der Waals surface area contributed by atoms with Gasteiger partial charge in [0.05, 0.1) is 17.4 Å². The summed E-state index contributed by atoms with van der Waals surface area (Å²) in [7, 11) is 1.66. The van der Waals surface area contributed by atoms with Crippen molar-refractivity contribution < 1.29 is 14.3 Å². The number of nitrogens with one attached hydrogen (secondary N) is 1. The van der Waals surface area contributed by atoms with Crippen molar-refractivity contribution in [1.82, 2.24) is 9.88 Å². The van der Waals surface area contributed by atoms with E-state index in [4.69, 9.17) is 4.42 Å². The first-order valence-corrected chi connectivity index (χ1v) is 5.41. The number of amides is 1. The zero-order chi connectivity index (χ0) is 12.6. The van der Waals surface area contributed by atoms with Crippen molar-refractivity contribution in [2.24, 2.45) is 0 Å². The van der Waals surface area contributed by atoms with Crippen LogP contribution >= 0.6 is 0 Å². The average molecular weight is 236 g/mol. The lowest BCUT2D eigenvalue weighted by Crippen LogP contribution is -2.39. The number of aromatic nitrogens is 1. The predicted octanol–water partition coefficient (Wildman–Crippen LogP) is 1.60. The molecule has 5 heteroatoms. The van der Waals surface area contributed by atoms with Crippen LogP contribution in [0.4, 0.5) is 0 Å². The van der Waals surface area contributed by atoms with Crippen LogP contribution in [0.25, 0.3) is 11.1 Å². The normalized spacial score (nSPS) is 12.0. The first-order valence-electron chi connectivity index (χ1n) is 5.41.